The number of nitriles is 1. The molecule has 0 radical (unpaired) electrons. The zero-order chi connectivity index (χ0) is 13.5. The van der Waals surface area contributed by atoms with Crippen LogP contribution in [0, 0.1) is 11.3 Å². The van der Waals surface area contributed by atoms with Crippen molar-refractivity contribution in [2.24, 2.45) is 0 Å². The first-order valence-corrected chi connectivity index (χ1v) is 6.75. The van der Waals surface area contributed by atoms with Gasteiger partial charge in [0.2, 0.25) is 0 Å². The Bertz CT molecular complexity index is 436. The normalized spacial score (nSPS) is 21.5. The van der Waals surface area contributed by atoms with Crippen molar-refractivity contribution in [1.82, 2.24) is 5.32 Å². The second-order valence-corrected chi connectivity index (χ2v) is 4.72. The van der Waals surface area contributed by atoms with E-state index in [4.69, 9.17) is 14.7 Å². The second kappa shape index (κ2) is 7.13. The summed E-state index contributed by atoms with van der Waals surface area (Å²) in [7, 11) is 0. The number of hydrogen-bond acceptors (Lipinski definition) is 4. The van der Waals surface area contributed by atoms with Crippen molar-refractivity contribution in [3.8, 4) is 11.8 Å². The number of nitrogens with zero attached hydrogens (tertiary/aromatic N) is 1. The highest BCUT2D eigenvalue weighted by molar-refractivity contribution is 5.28. The van der Waals surface area contributed by atoms with Gasteiger partial charge in [-0.25, -0.2) is 0 Å². The Labute approximate surface area is 114 Å². The lowest BCUT2D eigenvalue weighted by atomic mass is 9.89. The van der Waals surface area contributed by atoms with Crippen molar-refractivity contribution in [2.45, 2.75) is 38.5 Å². The maximum atomic E-state index is 8.48. The highest BCUT2D eigenvalue weighted by Gasteiger charge is 2.28. The molecule has 0 aliphatic heterocycles. The van der Waals surface area contributed by atoms with Crippen LogP contribution in [0.25, 0.3) is 0 Å². The minimum Gasteiger partial charge on any atom is -0.479 e. The molecule has 0 saturated heterocycles. The van der Waals surface area contributed by atoms with E-state index >= 15 is 0 Å². The van der Waals surface area contributed by atoms with Gasteiger partial charge in [-0.05, 0) is 37.5 Å². The molecule has 0 atom stereocenters. The molecule has 0 aromatic heterocycles. The quantitative estimate of drug-likeness (QED) is 0.817. The molecule has 0 amide bonds. The molecule has 1 aromatic rings. The van der Waals surface area contributed by atoms with Crippen molar-refractivity contribution in [1.29, 1.82) is 5.26 Å². The van der Waals surface area contributed by atoms with Crippen molar-refractivity contribution in [2.75, 3.05) is 13.2 Å². The molecule has 0 heterocycles. The predicted octanol–water partition coefficient (Wildman–Crippen LogP) is 2.25. The summed E-state index contributed by atoms with van der Waals surface area (Å²) in [5.41, 5.74) is 1.18. The zero-order valence-corrected chi connectivity index (χ0v) is 11.3. The van der Waals surface area contributed by atoms with E-state index in [0.29, 0.717) is 12.1 Å². The molecule has 2 rings (SSSR count). The third-order valence-corrected chi connectivity index (χ3v) is 3.29. The van der Waals surface area contributed by atoms with Crippen LogP contribution in [0.1, 0.15) is 25.3 Å². The van der Waals surface area contributed by atoms with Crippen LogP contribution in [-0.2, 0) is 11.3 Å². The van der Waals surface area contributed by atoms with E-state index in [2.05, 4.69) is 11.4 Å². The van der Waals surface area contributed by atoms with E-state index in [-0.39, 0.29) is 6.61 Å². The largest absolute Gasteiger partial charge is 0.479 e. The van der Waals surface area contributed by atoms with E-state index in [0.717, 1.165) is 31.7 Å². The van der Waals surface area contributed by atoms with Gasteiger partial charge in [0.15, 0.2) is 6.61 Å². The van der Waals surface area contributed by atoms with Gasteiger partial charge in [0, 0.05) is 19.2 Å². The van der Waals surface area contributed by atoms with E-state index in [1.807, 2.05) is 31.2 Å². The smallest absolute Gasteiger partial charge is 0.174 e. The fraction of sp³-hybridized carbons (Fsp3) is 0.533. The second-order valence-electron chi connectivity index (χ2n) is 4.72. The number of nitrogens with one attached hydrogen (secondary N) is 1. The summed E-state index contributed by atoms with van der Waals surface area (Å²) < 4.78 is 10.8. The van der Waals surface area contributed by atoms with Gasteiger partial charge >= 0.3 is 0 Å². The van der Waals surface area contributed by atoms with Gasteiger partial charge in [0.05, 0.1) is 6.10 Å². The Morgan fingerprint density at radius 1 is 1.42 bits per heavy atom. The maximum absolute atomic E-state index is 8.48. The Hall–Kier alpha value is -1.57. The van der Waals surface area contributed by atoms with Gasteiger partial charge in [-0.2, -0.15) is 5.26 Å². The molecule has 0 unspecified atom stereocenters. The Kier molecular flexibility index (Phi) is 5.20. The first kappa shape index (κ1) is 13.9. The van der Waals surface area contributed by atoms with E-state index < -0.39 is 0 Å². The molecule has 19 heavy (non-hydrogen) atoms. The average Bonchev–Trinajstić information content (AvgIpc) is 2.39. The van der Waals surface area contributed by atoms with E-state index in [9.17, 15) is 0 Å². The van der Waals surface area contributed by atoms with Crippen LogP contribution in [-0.4, -0.2) is 25.4 Å². The summed E-state index contributed by atoms with van der Waals surface area (Å²) in [6.45, 7) is 3.76. The monoisotopic (exact) mass is 260 g/mol. The van der Waals surface area contributed by atoms with Crippen LogP contribution in [0.5, 0.6) is 5.75 Å². The lowest BCUT2D eigenvalue weighted by molar-refractivity contribution is -0.0102. The first-order chi connectivity index (χ1) is 9.31. The van der Waals surface area contributed by atoms with E-state index in [1.54, 1.807) is 0 Å². The minimum atomic E-state index is 0.0928. The summed E-state index contributed by atoms with van der Waals surface area (Å²) in [4.78, 5) is 0. The van der Waals surface area contributed by atoms with Crippen molar-refractivity contribution < 1.29 is 9.47 Å². The predicted molar refractivity (Wildman–Crippen MR) is 72.8 cm³/mol. The molecule has 0 spiro atoms. The third-order valence-electron chi connectivity index (χ3n) is 3.29. The van der Waals surface area contributed by atoms with Crippen molar-refractivity contribution in [3.05, 3.63) is 29.8 Å². The van der Waals surface area contributed by atoms with E-state index in [1.165, 1.54) is 5.56 Å². The van der Waals surface area contributed by atoms with Crippen LogP contribution >= 0.6 is 0 Å². The third kappa shape index (κ3) is 4.23. The van der Waals surface area contributed by atoms with Crippen LogP contribution in [0.2, 0.25) is 0 Å². The van der Waals surface area contributed by atoms with Gasteiger partial charge in [-0.1, -0.05) is 12.1 Å². The standard InChI is InChI=1S/C15H20N2O2/c1-2-18-15-9-13(10-15)17-11-12-4-3-5-14(8-12)19-7-6-16/h3-5,8,13,15,17H,2,7,9-11H2,1H3. The number of benzene rings is 1. The summed E-state index contributed by atoms with van der Waals surface area (Å²) in [6.07, 6.45) is 2.63. The van der Waals surface area contributed by atoms with Gasteiger partial charge < -0.3 is 14.8 Å². The molecule has 1 aliphatic carbocycles. The lowest BCUT2D eigenvalue weighted by Gasteiger charge is -2.35. The molecular formula is C15H20N2O2. The molecule has 102 valence electrons. The fourth-order valence-electron chi connectivity index (χ4n) is 2.23. The molecule has 0 bridgehead atoms. The SMILES string of the molecule is CCOC1CC(NCc2cccc(OCC#N)c2)C1. The van der Waals surface area contributed by atoms with Gasteiger partial charge in [0.25, 0.3) is 0 Å². The van der Waals surface area contributed by atoms with Gasteiger partial charge in [-0.3, -0.25) is 0 Å². The number of rotatable bonds is 7. The summed E-state index contributed by atoms with van der Waals surface area (Å²) in [6, 6.07) is 10.4. The molecule has 1 N–H and O–H groups in total. The Morgan fingerprint density at radius 3 is 3.00 bits per heavy atom. The Morgan fingerprint density at radius 2 is 2.26 bits per heavy atom. The van der Waals surface area contributed by atoms with Crippen LogP contribution in [0.4, 0.5) is 0 Å². The van der Waals surface area contributed by atoms with Gasteiger partial charge in [-0.15, -0.1) is 0 Å². The van der Waals surface area contributed by atoms with Crippen molar-refractivity contribution in [3.63, 3.8) is 0 Å². The fourth-order valence-corrected chi connectivity index (χ4v) is 2.23. The minimum absolute atomic E-state index is 0.0928. The molecule has 1 fully saturated rings. The number of ether oxygens (including phenoxy) is 2. The molecule has 4 heteroatoms. The van der Waals surface area contributed by atoms with Crippen LogP contribution in [0.3, 0.4) is 0 Å². The lowest BCUT2D eigenvalue weighted by Crippen LogP contribution is -2.45. The highest BCUT2D eigenvalue weighted by Crippen LogP contribution is 2.23. The molecular weight excluding hydrogens is 240 g/mol. The summed E-state index contributed by atoms with van der Waals surface area (Å²) in [5, 5.41) is 12.0. The number of hydrogen-bond donors (Lipinski definition) is 1. The van der Waals surface area contributed by atoms with Crippen molar-refractivity contribution >= 4 is 0 Å². The topological polar surface area (TPSA) is 54.3 Å². The van der Waals surface area contributed by atoms with Crippen LogP contribution in [0.15, 0.2) is 24.3 Å². The molecule has 4 nitrogen and oxygen atoms in total. The first-order valence-electron chi connectivity index (χ1n) is 6.75. The maximum Gasteiger partial charge on any atom is 0.174 e. The average molecular weight is 260 g/mol. The summed E-state index contributed by atoms with van der Waals surface area (Å²) in [5.74, 6) is 0.752. The van der Waals surface area contributed by atoms with Gasteiger partial charge in [0.1, 0.15) is 11.8 Å². The van der Waals surface area contributed by atoms with Crippen LogP contribution < -0.4 is 10.1 Å². The molecule has 1 aromatic carbocycles. The Balaban J connectivity index is 1.73. The highest BCUT2D eigenvalue weighted by atomic mass is 16.5. The molecule has 1 aliphatic rings. The molecule has 1 saturated carbocycles. The summed E-state index contributed by atoms with van der Waals surface area (Å²) >= 11 is 0. The zero-order valence-electron chi connectivity index (χ0n) is 11.3.